The molecule has 14 heavy (non-hydrogen) atoms. The molecule has 0 amide bonds. The molecule has 0 aromatic carbocycles. The Kier molecular flexibility index (Phi) is 3.22. The van der Waals surface area contributed by atoms with Crippen LogP contribution in [0.25, 0.3) is 0 Å². The monoisotopic (exact) mass is 263 g/mol. The van der Waals surface area contributed by atoms with Crippen molar-refractivity contribution >= 4 is 48.6 Å². The summed E-state index contributed by atoms with van der Waals surface area (Å²) in [5, 5.41) is 6.26. The fraction of sp³-hybridized carbons (Fsp3) is 0.125. The molecule has 0 saturated heterocycles. The molecule has 74 valence electrons. The lowest BCUT2D eigenvalue weighted by Gasteiger charge is -1.99. The molecule has 0 saturated carbocycles. The summed E-state index contributed by atoms with van der Waals surface area (Å²) in [4.78, 5) is 12.3. The van der Waals surface area contributed by atoms with Crippen LogP contribution in [0.5, 0.6) is 0 Å². The SMILES string of the molecule is O=c1ssc(NCc2cccs2)c1Cl. The van der Waals surface area contributed by atoms with Gasteiger partial charge in [-0.15, -0.1) is 11.3 Å². The van der Waals surface area contributed by atoms with Crippen LogP contribution in [-0.4, -0.2) is 0 Å². The number of nitrogens with one attached hydrogen (secondary N) is 1. The van der Waals surface area contributed by atoms with E-state index in [4.69, 9.17) is 11.6 Å². The number of thiophene rings is 1. The third-order valence-electron chi connectivity index (χ3n) is 1.58. The summed E-state index contributed by atoms with van der Waals surface area (Å²) in [6.07, 6.45) is 0. The average Bonchev–Trinajstić information content (AvgIpc) is 2.77. The van der Waals surface area contributed by atoms with Crippen LogP contribution in [0.2, 0.25) is 5.02 Å². The highest BCUT2D eigenvalue weighted by Crippen LogP contribution is 2.27. The summed E-state index contributed by atoms with van der Waals surface area (Å²) in [6, 6.07) is 4.04. The van der Waals surface area contributed by atoms with Gasteiger partial charge in [0.15, 0.2) is 0 Å². The lowest BCUT2D eigenvalue weighted by Crippen LogP contribution is -1.97. The second-order valence-electron chi connectivity index (χ2n) is 2.53. The molecule has 0 unspecified atom stereocenters. The highest BCUT2D eigenvalue weighted by molar-refractivity contribution is 7.70. The summed E-state index contributed by atoms with van der Waals surface area (Å²) in [6.45, 7) is 0.726. The summed E-state index contributed by atoms with van der Waals surface area (Å²) < 4.78 is -0.0645. The maximum absolute atomic E-state index is 11.1. The second-order valence-corrected chi connectivity index (χ2v) is 6.05. The van der Waals surface area contributed by atoms with Crippen molar-refractivity contribution in [3.8, 4) is 0 Å². The van der Waals surface area contributed by atoms with Crippen molar-refractivity contribution in [1.29, 1.82) is 0 Å². The Morgan fingerprint density at radius 1 is 1.43 bits per heavy atom. The number of hydrogen-bond donors (Lipinski definition) is 1. The van der Waals surface area contributed by atoms with E-state index in [-0.39, 0.29) is 4.74 Å². The van der Waals surface area contributed by atoms with Gasteiger partial charge in [-0.3, -0.25) is 4.79 Å². The first-order valence-corrected chi connectivity index (χ1v) is 7.23. The fourth-order valence-corrected chi connectivity index (χ4v) is 4.00. The molecule has 0 radical (unpaired) electrons. The zero-order valence-corrected chi connectivity index (χ0v) is 10.2. The van der Waals surface area contributed by atoms with Crippen molar-refractivity contribution in [1.82, 2.24) is 0 Å². The molecule has 0 spiro atoms. The van der Waals surface area contributed by atoms with Crippen molar-refractivity contribution in [2.75, 3.05) is 5.32 Å². The van der Waals surface area contributed by atoms with Crippen LogP contribution in [0.15, 0.2) is 22.3 Å². The van der Waals surface area contributed by atoms with Gasteiger partial charge in [-0.2, -0.15) is 0 Å². The van der Waals surface area contributed by atoms with Crippen LogP contribution in [0.4, 0.5) is 5.00 Å². The third kappa shape index (κ3) is 2.17. The van der Waals surface area contributed by atoms with E-state index in [0.29, 0.717) is 5.02 Å². The quantitative estimate of drug-likeness (QED) is 0.859. The number of anilines is 1. The van der Waals surface area contributed by atoms with E-state index in [1.807, 2.05) is 17.5 Å². The van der Waals surface area contributed by atoms with Crippen molar-refractivity contribution < 1.29 is 0 Å². The molecule has 2 aromatic rings. The van der Waals surface area contributed by atoms with Gasteiger partial charge in [0.05, 0.1) is 6.54 Å². The molecule has 0 aliphatic heterocycles. The highest BCUT2D eigenvalue weighted by Gasteiger charge is 2.07. The lowest BCUT2D eigenvalue weighted by molar-refractivity contribution is 1.21. The van der Waals surface area contributed by atoms with Gasteiger partial charge >= 0.3 is 0 Å². The van der Waals surface area contributed by atoms with Gasteiger partial charge in [0, 0.05) is 4.88 Å². The molecule has 0 fully saturated rings. The van der Waals surface area contributed by atoms with E-state index in [9.17, 15) is 4.79 Å². The summed E-state index contributed by atoms with van der Waals surface area (Å²) in [5.74, 6) is 0. The largest absolute Gasteiger partial charge is 0.370 e. The molecular formula is C8H6ClNOS3. The van der Waals surface area contributed by atoms with Gasteiger partial charge in [-0.1, -0.05) is 28.0 Å². The Morgan fingerprint density at radius 2 is 2.29 bits per heavy atom. The molecule has 0 atom stereocenters. The van der Waals surface area contributed by atoms with Crippen molar-refractivity contribution in [2.45, 2.75) is 6.54 Å². The standard InChI is InChI=1S/C8H6ClNOS3/c9-6-7(13-14-8(6)11)10-4-5-2-1-3-12-5/h1-3,10H,4H2. The van der Waals surface area contributed by atoms with Gasteiger partial charge in [0.25, 0.3) is 4.74 Å². The van der Waals surface area contributed by atoms with E-state index >= 15 is 0 Å². The average molecular weight is 264 g/mol. The predicted octanol–water partition coefficient (Wildman–Crippen LogP) is 3.50. The molecule has 0 bridgehead atoms. The molecule has 2 aromatic heterocycles. The Bertz CT molecular complexity index is 459. The van der Waals surface area contributed by atoms with Crippen molar-refractivity contribution in [3.05, 3.63) is 36.9 Å². The molecule has 6 heteroatoms. The Morgan fingerprint density at radius 3 is 2.86 bits per heavy atom. The minimum atomic E-state index is -0.0645. The maximum Gasteiger partial charge on any atom is 0.263 e. The van der Waals surface area contributed by atoms with Crippen LogP contribution in [0.3, 0.4) is 0 Å². The molecule has 1 N–H and O–H groups in total. The molecule has 2 heterocycles. The summed E-state index contributed by atoms with van der Waals surface area (Å²) in [5.41, 5.74) is 0. The van der Waals surface area contributed by atoms with Crippen LogP contribution in [0, 0.1) is 0 Å². The Hall–Kier alpha value is -0.360. The molecule has 2 nitrogen and oxygen atoms in total. The first kappa shape index (κ1) is 10.2. The Labute approximate surface area is 97.2 Å². The fourth-order valence-electron chi connectivity index (χ4n) is 0.933. The first-order valence-electron chi connectivity index (χ1n) is 3.82. The van der Waals surface area contributed by atoms with Crippen molar-refractivity contribution in [2.24, 2.45) is 0 Å². The normalized spacial score (nSPS) is 10.4. The van der Waals surface area contributed by atoms with E-state index in [1.54, 1.807) is 11.3 Å². The maximum atomic E-state index is 11.1. The van der Waals surface area contributed by atoms with E-state index in [2.05, 4.69) is 5.32 Å². The van der Waals surface area contributed by atoms with Crippen molar-refractivity contribution in [3.63, 3.8) is 0 Å². The molecular weight excluding hydrogens is 258 g/mol. The number of rotatable bonds is 3. The van der Waals surface area contributed by atoms with Gasteiger partial charge < -0.3 is 5.32 Å². The summed E-state index contributed by atoms with van der Waals surface area (Å²) >= 11 is 7.48. The molecule has 0 aliphatic carbocycles. The molecule has 2 rings (SSSR count). The van der Waals surface area contributed by atoms with E-state index in [1.165, 1.54) is 15.2 Å². The number of hydrogen-bond acceptors (Lipinski definition) is 5. The second kappa shape index (κ2) is 4.44. The summed E-state index contributed by atoms with van der Waals surface area (Å²) in [7, 11) is 2.55. The predicted molar refractivity (Wildman–Crippen MR) is 65.1 cm³/mol. The molecule has 0 aliphatic rings. The zero-order valence-electron chi connectivity index (χ0n) is 6.95. The van der Waals surface area contributed by atoms with Crippen LogP contribution >= 0.6 is 43.6 Å². The third-order valence-corrected chi connectivity index (χ3v) is 5.20. The Balaban J connectivity index is 2.05. The minimum absolute atomic E-state index is 0.0645. The highest BCUT2D eigenvalue weighted by atomic mass is 35.5. The smallest absolute Gasteiger partial charge is 0.263 e. The van der Waals surface area contributed by atoms with Gasteiger partial charge in [-0.25, -0.2) is 0 Å². The van der Waals surface area contributed by atoms with Gasteiger partial charge in [0.2, 0.25) is 0 Å². The van der Waals surface area contributed by atoms with Crippen LogP contribution in [-0.2, 0) is 6.54 Å². The van der Waals surface area contributed by atoms with Gasteiger partial charge in [-0.05, 0) is 21.8 Å². The zero-order chi connectivity index (χ0) is 9.97. The minimum Gasteiger partial charge on any atom is -0.370 e. The number of halogens is 1. The van der Waals surface area contributed by atoms with E-state index < -0.39 is 0 Å². The van der Waals surface area contributed by atoms with Crippen LogP contribution in [0.1, 0.15) is 4.88 Å². The topological polar surface area (TPSA) is 29.1 Å². The first-order chi connectivity index (χ1) is 6.77. The van der Waals surface area contributed by atoms with E-state index in [0.717, 1.165) is 21.9 Å². The lowest BCUT2D eigenvalue weighted by atomic mass is 10.4. The van der Waals surface area contributed by atoms with Gasteiger partial charge in [0.1, 0.15) is 10.0 Å². The van der Waals surface area contributed by atoms with Crippen LogP contribution < -0.4 is 10.1 Å².